The molecule has 2 aromatic rings. The smallest absolute Gasteiger partial charge is 0.288 e. The molecule has 8 nitrogen and oxygen atoms in total. The zero-order valence-corrected chi connectivity index (χ0v) is 19.5. The van der Waals surface area contributed by atoms with Gasteiger partial charge in [-0.25, -0.2) is 0 Å². The van der Waals surface area contributed by atoms with E-state index in [2.05, 4.69) is 22.9 Å². The molecule has 3 rings (SSSR count). The van der Waals surface area contributed by atoms with Crippen LogP contribution in [0.25, 0.3) is 0 Å². The van der Waals surface area contributed by atoms with Gasteiger partial charge in [0.1, 0.15) is 24.2 Å². The third kappa shape index (κ3) is 8.60. The number of hydrogen-bond acceptors (Lipinski definition) is 8. The number of carbonyl (C=O) groups excluding carboxylic acids is 2. The molecule has 0 radical (unpaired) electrons. The number of rotatable bonds is 14. The highest BCUT2D eigenvalue weighted by Gasteiger charge is 2.31. The van der Waals surface area contributed by atoms with Crippen molar-refractivity contribution in [3.8, 4) is 11.5 Å². The van der Waals surface area contributed by atoms with Gasteiger partial charge < -0.3 is 25.2 Å². The number of hydrogen-bond donors (Lipinski definition) is 4. The molecule has 33 heavy (non-hydrogen) atoms. The van der Waals surface area contributed by atoms with E-state index in [4.69, 9.17) is 9.47 Å². The maximum atomic E-state index is 11.6. The van der Waals surface area contributed by atoms with Crippen LogP contribution in [0.3, 0.4) is 0 Å². The topological polar surface area (TPSA) is 109 Å². The molecule has 0 bridgehead atoms. The van der Waals surface area contributed by atoms with Crippen LogP contribution < -0.4 is 25.4 Å². The van der Waals surface area contributed by atoms with Crippen molar-refractivity contribution in [1.29, 1.82) is 0 Å². The lowest BCUT2D eigenvalue weighted by atomic mass is 10.1. The molecule has 2 atom stereocenters. The van der Waals surface area contributed by atoms with Crippen LogP contribution in [0.2, 0.25) is 0 Å². The fourth-order valence-electron chi connectivity index (χ4n) is 3.09. The van der Waals surface area contributed by atoms with Gasteiger partial charge in [-0.3, -0.25) is 14.9 Å². The molecule has 2 aromatic carbocycles. The average molecular weight is 474 g/mol. The predicted octanol–water partition coefficient (Wildman–Crippen LogP) is 3.16. The molecule has 0 saturated carbocycles. The fraction of sp³-hybridized carbons (Fsp3) is 0.417. The Morgan fingerprint density at radius 1 is 1.06 bits per heavy atom. The van der Waals surface area contributed by atoms with Crippen molar-refractivity contribution in [3.05, 3.63) is 54.1 Å². The number of ether oxygens (including phenoxy) is 2. The predicted molar refractivity (Wildman–Crippen MR) is 130 cm³/mol. The zero-order chi connectivity index (χ0) is 23.5. The summed E-state index contributed by atoms with van der Waals surface area (Å²) in [7, 11) is 0. The monoisotopic (exact) mass is 473 g/mol. The molecule has 4 N–H and O–H groups in total. The lowest BCUT2D eigenvalue weighted by molar-refractivity contribution is -0.118. The molecule has 9 heteroatoms. The number of unbranched alkanes of at least 4 members (excludes halogenated alkanes) is 1. The van der Waals surface area contributed by atoms with Crippen LogP contribution in [0.4, 0.5) is 10.5 Å². The molecule has 178 valence electrons. The van der Waals surface area contributed by atoms with Gasteiger partial charge in [0.25, 0.3) is 11.1 Å². The molecule has 1 fully saturated rings. The SMILES string of the molecule is CCCCOc1ccc(OCC(O)CNCCc2ccc(NC3SC(=O)NC3=O)cc2)cc1. The highest BCUT2D eigenvalue weighted by molar-refractivity contribution is 8.15. The molecule has 1 aliphatic heterocycles. The van der Waals surface area contributed by atoms with E-state index >= 15 is 0 Å². The maximum Gasteiger partial charge on any atom is 0.288 e. The van der Waals surface area contributed by atoms with Crippen LogP contribution in [0.1, 0.15) is 25.3 Å². The molecule has 1 saturated heterocycles. The van der Waals surface area contributed by atoms with E-state index in [1.54, 1.807) is 0 Å². The molecule has 1 heterocycles. The lowest BCUT2D eigenvalue weighted by Crippen LogP contribution is -2.32. The van der Waals surface area contributed by atoms with Gasteiger partial charge in [-0.05, 0) is 73.1 Å². The number of thioether (sulfide) groups is 1. The minimum Gasteiger partial charge on any atom is -0.494 e. The Bertz CT molecular complexity index is 892. The first-order chi connectivity index (χ1) is 16.0. The Morgan fingerprint density at radius 3 is 2.39 bits per heavy atom. The number of imide groups is 1. The summed E-state index contributed by atoms with van der Waals surface area (Å²) in [5.41, 5.74) is 1.90. The van der Waals surface area contributed by atoms with Crippen LogP contribution in [-0.4, -0.2) is 54.0 Å². The van der Waals surface area contributed by atoms with Gasteiger partial charge >= 0.3 is 0 Å². The van der Waals surface area contributed by atoms with Crippen LogP contribution in [-0.2, 0) is 11.2 Å². The number of amides is 2. The first kappa shape index (κ1) is 24.9. The number of carbonyl (C=O) groups is 2. The summed E-state index contributed by atoms with van der Waals surface area (Å²) in [4.78, 5) is 22.8. The first-order valence-electron chi connectivity index (χ1n) is 11.1. The number of nitrogens with one attached hydrogen (secondary N) is 3. The van der Waals surface area contributed by atoms with Crippen molar-refractivity contribution in [3.63, 3.8) is 0 Å². The highest BCUT2D eigenvalue weighted by Crippen LogP contribution is 2.22. The van der Waals surface area contributed by atoms with Crippen molar-refractivity contribution >= 4 is 28.6 Å². The van der Waals surface area contributed by atoms with Crippen molar-refractivity contribution < 1.29 is 24.2 Å². The Labute approximate surface area is 198 Å². The minimum absolute atomic E-state index is 0.207. The highest BCUT2D eigenvalue weighted by atomic mass is 32.2. The van der Waals surface area contributed by atoms with Crippen LogP contribution >= 0.6 is 11.8 Å². The average Bonchev–Trinajstić information content (AvgIpc) is 3.13. The van der Waals surface area contributed by atoms with Crippen LogP contribution in [0.15, 0.2) is 48.5 Å². The van der Waals surface area contributed by atoms with E-state index in [1.165, 1.54) is 0 Å². The molecule has 0 aliphatic carbocycles. The number of aliphatic hydroxyl groups excluding tert-OH is 1. The number of aliphatic hydroxyl groups is 1. The van der Waals surface area contributed by atoms with Crippen molar-refractivity contribution in [2.24, 2.45) is 0 Å². The van der Waals surface area contributed by atoms with Crippen LogP contribution in [0.5, 0.6) is 11.5 Å². The van der Waals surface area contributed by atoms with Gasteiger partial charge in [0, 0.05) is 12.2 Å². The molecule has 0 aromatic heterocycles. The van der Waals surface area contributed by atoms with Gasteiger partial charge in [-0.15, -0.1) is 0 Å². The lowest BCUT2D eigenvalue weighted by Gasteiger charge is -2.14. The maximum absolute atomic E-state index is 11.6. The Kier molecular flexibility index (Phi) is 9.86. The van der Waals surface area contributed by atoms with Crippen molar-refractivity contribution in [2.45, 2.75) is 37.7 Å². The molecule has 1 aliphatic rings. The summed E-state index contributed by atoms with van der Waals surface area (Å²) >= 11 is 0.938. The third-order valence-electron chi connectivity index (χ3n) is 4.94. The van der Waals surface area contributed by atoms with E-state index < -0.39 is 11.5 Å². The van der Waals surface area contributed by atoms with E-state index in [0.717, 1.165) is 48.0 Å². The molecular weight excluding hydrogens is 442 g/mol. The van der Waals surface area contributed by atoms with Gasteiger partial charge in [0.2, 0.25) is 0 Å². The van der Waals surface area contributed by atoms with Gasteiger partial charge in [-0.2, -0.15) is 0 Å². The molecule has 2 amide bonds. The van der Waals surface area contributed by atoms with Gasteiger partial charge in [0.15, 0.2) is 5.37 Å². The summed E-state index contributed by atoms with van der Waals surface area (Å²) < 4.78 is 11.3. The normalized spacial score (nSPS) is 16.4. The molecule has 0 spiro atoms. The zero-order valence-electron chi connectivity index (χ0n) is 18.7. The summed E-state index contributed by atoms with van der Waals surface area (Å²) in [5.74, 6) is 1.19. The summed E-state index contributed by atoms with van der Waals surface area (Å²) in [6, 6.07) is 15.1. The quantitative estimate of drug-likeness (QED) is 0.310. The van der Waals surface area contributed by atoms with Crippen LogP contribution in [0, 0.1) is 0 Å². The van der Waals surface area contributed by atoms with Crippen molar-refractivity contribution in [2.75, 3.05) is 31.6 Å². The second-order valence-corrected chi connectivity index (χ2v) is 8.79. The van der Waals surface area contributed by atoms with E-state index in [1.807, 2.05) is 48.5 Å². The number of anilines is 1. The van der Waals surface area contributed by atoms with E-state index in [-0.39, 0.29) is 17.8 Å². The van der Waals surface area contributed by atoms with Crippen molar-refractivity contribution in [1.82, 2.24) is 10.6 Å². The molecule has 2 unspecified atom stereocenters. The van der Waals surface area contributed by atoms with Gasteiger partial charge in [-0.1, -0.05) is 25.5 Å². The Balaban J connectivity index is 1.29. The second kappa shape index (κ2) is 13.1. The molecular formula is C24H31N3O5S. The Morgan fingerprint density at radius 2 is 1.76 bits per heavy atom. The Hall–Kier alpha value is -2.75. The standard InChI is InChI=1S/C24H31N3O5S/c1-2-3-14-31-20-8-10-21(11-9-20)32-16-19(28)15-25-13-12-17-4-6-18(7-5-17)26-23-22(29)27-24(30)33-23/h4-11,19,23,25-26,28H,2-3,12-16H2,1H3,(H,27,29,30). The summed E-state index contributed by atoms with van der Waals surface area (Å²) in [6.07, 6.45) is 2.31. The third-order valence-corrected chi connectivity index (χ3v) is 5.83. The summed E-state index contributed by atoms with van der Waals surface area (Å²) in [6.45, 7) is 4.19. The number of benzene rings is 2. The van der Waals surface area contributed by atoms with Gasteiger partial charge in [0.05, 0.1) is 6.61 Å². The van der Waals surface area contributed by atoms with E-state index in [9.17, 15) is 14.7 Å². The second-order valence-electron chi connectivity index (χ2n) is 7.71. The largest absolute Gasteiger partial charge is 0.494 e. The minimum atomic E-state index is -0.616. The first-order valence-corrected chi connectivity index (χ1v) is 12.0. The fourth-order valence-corrected chi connectivity index (χ4v) is 3.82. The summed E-state index contributed by atoms with van der Waals surface area (Å²) in [5, 5.41) is 17.7. The van der Waals surface area contributed by atoms with E-state index in [0.29, 0.717) is 25.4 Å².